The fourth-order valence-electron chi connectivity index (χ4n) is 1.33. The maximum absolute atomic E-state index is 11.5. The van der Waals surface area contributed by atoms with Crippen LogP contribution in [-0.2, 0) is 4.79 Å². The molecule has 0 radical (unpaired) electrons. The van der Waals surface area contributed by atoms with Crippen LogP contribution >= 0.6 is 11.5 Å². The Bertz CT molecular complexity index is 339. The van der Waals surface area contributed by atoms with Crippen molar-refractivity contribution in [1.29, 1.82) is 0 Å². The maximum Gasteiger partial charge on any atom is 0.242 e. The number of carbonyl (C=O) groups is 1. The summed E-state index contributed by atoms with van der Waals surface area (Å²) in [7, 11) is 1.56. The highest BCUT2D eigenvalue weighted by Crippen LogP contribution is 2.23. The largest absolute Gasteiger partial charge is 0.480 e. The highest BCUT2D eigenvalue weighted by molar-refractivity contribution is 7.06. The number of ether oxygens (including phenoxy) is 1. The minimum Gasteiger partial charge on any atom is -0.480 e. The van der Waals surface area contributed by atoms with Crippen molar-refractivity contribution in [3.8, 4) is 5.88 Å². The van der Waals surface area contributed by atoms with Crippen LogP contribution in [-0.4, -0.2) is 30.5 Å². The molecule has 0 aliphatic carbocycles. The van der Waals surface area contributed by atoms with Gasteiger partial charge in [-0.2, -0.15) is 4.37 Å². The van der Waals surface area contributed by atoms with Crippen LogP contribution in [0.5, 0.6) is 5.88 Å². The van der Waals surface area contributed by atoms with Crippen molar-refractivity contribution in [2.24, 2.45) is 0 Å². The highest BCUT2D eigenvalue weighted by Gasteiger charge is 2.25. The van der Waals surface area contributed by atoms with E-state index in [0.717, 1.165) is 11.4 Å². The van der Waals surface area contributed by atoms with E-state index in [1.807, 2.05) is 0 Å². The minimum absolute atomic E-state index is 0.00236. The van der Waals surface area contributed by atoms with Crippen molar-refractivity contribution in [3.05, 3.63) is 10.9 Å². The zero-order valence-electron chi connectivity index (χ0n) is 7.74. The number of hydrogen-bond donors (Lipinski definition) is 2. The smallest absolute Gasteiger partial charge is 0.242 e. The Hall–Kier alpha value is -1.14. The van der Waals surface area contributed by atoms with Gasteiger partial charge >= 0.3 is 0 Å². The molecule has 1 saturated heterocycles. The predicted octanol–water partition coefficient (Wildman–Crippen LogP) is -0.0878. The third-order valence-electron chi connectivity index (χ3n) is 2.04. The molecule has 1 fully saturated rings. The summed E-state index contributed by atoms with van der Waals surface area (Å²) >= 11 is 1.29. The molecule has 1 amide bonds. The average molecular weight is 213 g/mol. The first-order valence-corrected chi connectivity index (χ1v) is 5.10. The fraction of sp³-hybridized carbons (Fsp3) is 0.500. The quantitative estimate of drug-likeness (QED) is 0.721. The SMILES string of the molecule is COc1cc(C2NCCNC2=O)sn1. The normalized spacial score (nSPS) is 21.8. The number of nitrogens with zero attached hydrogens (tertiary/aromatic N) is 1. The zero-order valence-corrected chi connectivity index (χ0v) is 8.56. The van der Waals surface area contributed by atoms with Crippen LogP contribution in [0.15, 0.2) is 6.07 Å². The molecule has 1 aliphatic heterocycles. The lowest BCUT2D eigenvalue weighted by Crippen LogP contribution is -2.46. The number of hydrogen-bond acceptors (Lipinski definition) is 5. The second kappa shape index (κ2) is 3.93. The van der Waals surface area contributed by atoms with Crippen LogP contribution in [0.2, 0.25) is 0 Å². The Morgan fingerprint density at radius 3 is 3.14 bits per heavy atom. The predicted molar refractivity (Wildman–Crippen MR) is 52.4 cm³/mol. The third-order valence-corrected chi connectivity index (χ3v) is 2.87. The van der Waals surface area contributed by atoms with E-state index in [1.165, 1.54) is 11.5 Å². The third kappa shape index (κ3) is 1.71. The van der Waals surface area contributed by atoms with E-state index >= 15 is 0 Å². The van der Waals surface area contributed by atoms with Crippen molar-refractivity contribution < 1.29 is 9.53 Å². The van der Waals surface area contributed by atoms with Crippen LogP contribution in [0.3, 0.4) is 0 Å². The van der Waals surface area contributed by atoms with Gasteiger partial charge in [-0.3, -0.25) is 10.1 Å². The molecule has 2 rings (SSSR count). The minimum atomic E-state index is -0.273. The molecule has 1 unspecified atom stereocenters. The van der Waals surface area contributed by atoms with E-state index in [2.05, 4.69) is 15.0 Å². The molecular weight excluding hydrogens is 202 g/mol. The van der Waals surface area contributed by atoms with Crippen LogP contribution in [0.4, 0.5) is 0 Å². The van der Waals surface area contributed by atoms with Crippen LogP contribution in [0, 0.1) is 0 Å². The standard InChI is InChI=1S/C8H11N3O2S/c1-13-6-4-5(14-11-6)7-8(12)10-3-2-9-7/h4,7,9H,2-3H2,1H3,(H,10,12). The molecule has 1 aromatic rings. The Morgan fingerprint density at radius 2 is 2.50 bits per heavy atom. The second-order valence-corrected chi connectivity index (χ2v) is 3.79. The molecule has 0 aromatic carbocycles. The summed E-state index contributed by atoms with van der Waals surface area (Å²) in [6.45, 7) is 1.47. The van der Waals surface area contributed by atoms with Gasteiger partial charge in [0.1, 0.15) is 6.04 Å². The lowest BCUT2D eigenvalue weighted by Gasteiger charge is -2.21. The zero-order chi connectivity index (χ0) is 9.97. The molecular formula is C8H11N3O2S. The van der Waals surface area contributed by atoms with Crippen LogP contribution in [0.25, 0.3) is 0 Å². The Labute approximate surface area is 85.6 Å². The molecule has 0 spiro atoms. The molecule has 0 saturated carbocycles. The van der Waals surface area contributed by atoms with Crippen molar-refractivity contribution in [3.63, 3.8) is 0 Å². The van der Waals surface area contributed by atoms with Gasteiger partial charge in [0.05, 0.1) is 12.0 Å². The van der Waals surface area contributed by atoms with E-state index in [-0.39, 0.29) is 11.9 Å². The molecule has 1 aromatic heterocycles. The first-order valence-electron chi connectivity index (χ1n) is 4.33. The average Bonchev–Trinajstić information content (AvgIpc) is 2.67. The second-order valence-electron chi connectivity index (χ2n) is 2.95. The lowest BCUT2D eigenvalue weighted by atomic mass is 10.2. The number of piperazine rings is 1. The molecule has 2 heterocycles. The van der Waals surface area contributed by atoms with Gasteiger partial charge in [-0.1, -0.05) is 0 Å². The number of nitrogens with one attached hydrogen (secondary N) is 2. The van der Waals surface area contributed by atoms with Gasteiger partial charge in [0.25, 0.3) is 0 Å². The first kappa shape index (κ1) is 9.42. The highest BCUT2D eigenvalue weighted by atomic mass is 32.1. The summed E-state index contributed by atoms with van der Waals surface area (Å²) in [6, 6.07) is 1.51. The molecule has 76 valence electrons. The fourth-order valence-corrected chi connectivity index (χ4v) is 2.10. The Morgan fingerprint density at radius 1 is 1.64 bits per heavy atom. The lowest BCUT2D eigenvalue weighted by molar-refractivity contribution is -0.124. The van der Waals surface area contributed by atoms with E-state index in [9.17, 15) is 4.79 Å². The van der Waals surface area contributed by atoms with E-state index < -0.39 is 0 Å². The molecule has 1 aliphatic rings. The number of amides is 1. The van der Waals surface area contributed by atoms with Gasteiger partial charge in [-0.05, 0) is 11.5 Å². The molecule has 14 heavy (non-hydrogen) atoms. The number of methoxy groups -OCH3 is 1. The summed E-state index contributed by atoms with van der Waals surface area (Å²) in [5.74, 6) is 0.563. The van der Waals surface area contributed by atoms with Gasteiger partial charge in [0.2, 0.25) is 11.8 Å². The summed E-state index contributed by atoms with van der Waals surface area (Å²) in [5, 5.41) is 5.92. The van der Waals surface area contributed by atoms with Gasteiger partial charge in [0.15, 0.2) is 0 Å². The molecule has 1 atom stereocenters. The van der Waals surface area contributed by atoms with Gasteiger partial charge < -0.3 is 10.1 Å². The molecule has 6 heteroatoms. The topological polar surface area (TPSA) is 63.2 Å². The molecule has 2 N–H and O–H groups in total. The first-order chi connectivity index (χ1) is 6.81. The van der Waals surface area contributed by atoms with Crippen LogP contribution in [0.1, 0.15) is 10.9 Å². The maximum atomic E-state index is 11.5. The summed E-state index contributed by atoms with van der Waals surface area (Å²) in [4.78, 5) is 12.3. The van der Waals surface area contributed by atoms with Crippen LogP contribution < -0.4 is 15.4 Å². The van der Waals surface area contributed by atoms with E-state index in [0.29, 0.717) is 12.4 Å². The van der Waals surface area contributed by atoms with Crippen molar-refractivity contribution >= 4 is 17.4 Å². The summed E-state index contributed by atoms with van der Waals surface area (Å²) in [6.07, 6.45) is 0. The summed E-state index contributed by atoms with van der Waals surface area (Å²) < 4.78 is 9.00. The van der Waals surface area contributed by atoms with E-state index in [1.54, 1.807) is 13.2 Å². The number of carbonyl (C=O) groups excluding carboxylic acids is 1. The van der Waals surface area contributed by atoms with Crippen molar-refractivity contribution in [2.45, 2.75) is 6.04 Å². The molecule has 5 nitrogen and oxygen atoms in total. The number of aromatic nitrogens is 1. The van der Waals surface area contributed by atoms with Gasteiger partial charge in [-0.15, -0.1) is 0 Å². The van der Waals surface area contributed by atoms with Gasteiger partial charge in [0, 0.05) is 19.2 Å². The Balaban J connectivity index is 2.16. The summed E-state index contributed by atoms with van der Waals surface area (Å²) in [5.41, 5.74) is 0. The van der Waals surface area contributed by atoms with E-state index in [4.69, 9.17) is 4.74 Å². The number of rotatable bonds is 2. The van der Waals surface area contributed by atoms with Crippen molar-refractivity contribution in [2.75, 3.05) is 20.2 Å². The Kier molecular flexibility index (Phi) is 2.64. The van der Waals surface area contributed by atoms with Crippen molar-refractivity contribution in [1.82, 2.24) is 15.0 Å². The molecule has 0 bridgehead atoms. The van der Waals surface area contributed by atoms with Gasteiger partial charge in [-0.25, -0.2) is 0 Å². The monoisotopic (exact) mass is 213 g/mol.